The van der Waals surface area contributed by atoms with E-state index in [4.69, 9.17) is 9.31 Å². The first-order chi connectivity index (χ1) is 15.3. The summed E-state index contributed by atoms with van der Waals surface area (Å²) in [6.07, 6.45) is 6.21. The summed E-state index contributed by atoms with van der Waals surface area (Å²) in [5, 5.41) is 0. The van der Waals surface area contributed by atoms with E-state index < -0.39 is 0 Å². The lowest BCUT2D eigenvalue weighted by Gasteiger charge is -2.32. The Kier molecular flexibility index (Phi) is 8.99. The van der Waals surface area contributed by atoms with Crippen molar-refractivity contribution in [2.24, 2.45) is 0 Å². The lowest BCUT2D eigenvalue weighted by atomic mass is 9.68. The van der Waals surface area contributed by atoms with Crippen molar-refractivity contribution < 1.29 is 9.31 Å². The van der Waals surface area contributed by atoms with Crippen LogP contribution in [0.2, 0.25) is 5.82 Å². The van der Waals surface area contributed by atoms with E-state index in [1.165, 1.54) is 36.8 Å². The third-order valence-corrected chi connectivity index (χ3v) is 7.08. The van der Waals surface area contributed by atoms with Crippen LogP contribution in [-0.2, 0) is 22.4 Å². The van der Waals surface area contributed by atoms with Gasteiger partial charge in [-0.25, -0.2) is 0 Å². The molecule has 0 spiro atoms. The molecule has 32 heavy (non-hydrogen) atoms. The summed E-state index contributed by atoms with van der Waals surface area (Å²) in [5.74, 6) is 0.348. The fraction of sp³-hybridized carbons (Fsp3) is 0.571. The molecule has 0 aliphatic carbocycles. The molecule has 1 fully saturated rings. The quantitative estimate of drug-likeness (QED) is 0.262. The molecule has 0 radical (unpaired) electrons. The molecule has 4 heteroatoms. The van der Waals surface area contributed by atoms with Gasteiger partial charge in [-0.1, -0.05) is 99.7 Å². The Bertz CT molecular complexity index is 736. The van der Waals surface area contributed by atoms with Gasteiger partial charge < -0.3 is 9.31 Å². The Morgan fingerprint density at radius 2 is 1.25 bits per heavy atom. The molecule has 1 atom stereocenters. The van der Waals surface area contributed by atoms with Crippen molar-refractivity contribution >= 4 is 7.12 Å². The normalized spacial score (nSPS) is 18.2. The highest BCUT2D eigenvalue weighted by molar-refractivity contribution is 6.47. The van der Waals surface area contributed by atoms with Crippen LogP contribution in [0.15, 0.2) is 60.7 Å². The van der Waals surface area contributed by atoms with Gasteiger partial charge in [0, 0.05) is 25.5 Å². The summed E-state index contributed by atoms with van der Waals surface area (Å²) in [6, 6.07) is 21.6. The average molecular weight is 435 g/mol. The summed E-state index contributed by atoms with van der Waals surface area (Å²) >= 11 is 0. The van der Waals surface area contributed by atoms with Gasteiger partial charge in [-0.05, 0) is 38.8 Å². The van der Waals surface area contributed by atoms with Gasteiger partial charge in [-0.15, -0.1) is 0 Å². The van der Waals surface area contributed by atoms with Crippen LogP contribution >= 0.6 is 0 Å². The van der Waals surface area contributed by atoms with Gasteiger partial charge in [0.2, 0.25) is 0 Å². The van der Waals surface area contributed by atoms with Crippen LogP contribution in [0, 0.1) is 0 Å². The Morgan fingerprint density at radius 3 is 1.72 bits per heavy atom. The molecule has 3 rings (SSSR count). The largest absolute Gasteiger partial charge is 0.462 e. The van der Waals surface area contributed by atoms with Crippen molar-refractivity contribution in [1.82, 2.24) is 4.90 Å². The molecule has 1 aliphatic heterocycles. The van der Waals surface area contributed by atoms with Crippen molar-refractivity contribution in [2.45, 2.75) is 96.8 Å². The van der Waals surface area contributed by atoms with Gasteiger partial charge in [-0.2, -0.15) is 0 Å². The van der Waals surface area contributed by atoms with Gasteiger partial charge in [0.05, 0.1) is 11.2 Å². The monoisotopic (exact) mass is 435 g/mol. The van der Waals surface area contributed by atoms with Gasteiger partial charge in [0.15, 0.2) is 0 Å². The van der Waals surface area contributed by atoms with Crippen LogP contribution in [0.4, 0.5) is 0 Å². The second-order valence-corrected chi connectivity index (χ2v) is 10.4. The van der Waals surface area contributed by atoms with E-state index in [0.29, 0.717) is 5.82 Å². The van der Waals surface area contributed by atoms with Crippen molar-refractivity contribution in [3.8, 4) is 0 Å². The Morgan fingerprint density at radius 1 is 0.750 bits per heavy atom. The number of hydrogen-bond donors (Lipinski definition) is 0. The lowest BCUT2D eigenvalue weighted by molar-refractivity contribution is 0.00578. The zero-order valence-corrected chi connectivity index (χ0v) is 20.8. The topological polar surface area (TPSA) is 21.7 Å². The summed E-state index contributed by atoms with van der Waals surface area (Å²) in [4.78, 5) is 2.57. The standard InChI is InChI=1S/C28H42BNO2/c1-6-7-8-15-20-26(29-31-27(2,3)28(4,5)32-29)23-30(21-24-16-11-9-12-17-24)22-25-18-13-10-14-19-25/h9-14,16-19,26H,6-8,15,20-23H2,1-5H3. The molecule has 2 aromatic rings. The van der Waals surface area contributed by atoms with Crippen LogP contribution < -0.4 is 0 Å². The summed E-state index contributed by atoms with van der Waals surface area (Å²) in [6.45, 7) is 13.7. The molecule has 3 nitrogen and oxygen atoms in total. The summed E-state index contributed by atoms with van der Waals surface area (Å²) in [5.41, 5.74) is 2.12. The Balaban J connectivity index is 1.77. The maximum atomic E-state index is 6.54. The minimum absolute atomic E-state index is 0.157. The number of hydrogen-bond acceptors (Lipinski definition) is 3. The Labute approximate surface area is 196 Å². The molecule has 0 amide bonds. The molecular formula is C28H42BNO2. The molecule has 0 aromatic heterocycles. The second-order valence-electron chi connectivity index (χ2n) is 10.4. The molecule has 1 aliphatic rings. The van der Waals surface area contributed by atoms with Gasteiger partial charge >= 0.3 is 7.12 Å². The van der Waals surface area contributed by atoms with Crippen molar-refractivity contribution in [2.75, 3.05) is 6.54 Å². The lowest BCUT2D eigenvalue weighted by Crippen LogP contribution is -2.41. The highest BCUT2D eigenvalue weighted by Gasteiger charge is 2.53. The molecule has 0 N–H and O–H groups in total. The van der Waals surface area contributed by atoms with Crippen LogP contribution in [0.1, 0.15) is 77.8 Å². The zero-order valence-electron chi connectivity index (χ0n) is 20.8. The molecule has 1 unspecified atom stereocenters. The smallest absolute Gasteiger partial charge is 0.403 e. The van der Waals surface area contributed by atoms with E-state index in [1.807, 2.05) is 0 Å². The number of unbranched alkanes of at least 4 members (excludes halogenated alkanes) is 3. The van der Waals surface area contributed by atoms with E-state index in [9.17, 15) is 0 Å². The highest BCUT2D eigenvalue weighted by atomic mass is 16.7. The highest BCUT2D eigenvalue weighted by Crippen LogP contribution is 2.41. The van der Waals surface area contributed by atoms with Crippen molar-refractivity contribution in [3.63, 3.8) is 0 Å². The minimum Gasteiger partial charge on any atom is -0.403 e. The fourth-order valence-corrected chi connectivity index (χ4v) is 4.43. The first kappa shape index (κ1) is 25.0. The van der Waals surface area contributed by atoms with Gasteiger partial charge in [0.25, 0.3) is 0 Å². The molecular weight excluding hydrogens is 393 g/mol. The summed E-state index contributed by atoms with van der Waals surface area (Å²) < 4.78 is 13.1. The van der Waals surface area contributed by atoms with Crippen molar-refractivity contribution in [3.05, 3.63) is 71.8 Å². The molecule has 1 heterocycles. The van der Waals surface area contributed by atoms with E-state index in [-0.39, 0.29) is 18.3 Å². The van der Waals surface area contributed by atoms with Crippen molar-refractivity contribution in [1.29, 1.82) is 0 Å². The predicted octanol–water partition coefficient (Wildman–Crippen LogP) is 7.12. The maximum Gasteiger partial charge on any atom is 0.462 e. The van der Waals surface area contributed by atoms with E-state index in [2.05, 4.69) is 100 Å². The molecule has 1 saturated heterocycles. The number of nitrogens with zero attached hydrogens (tertiary/aromatic N) is 1. The van der Waals surface area contributed by atoms with Gasteiger partial charge in [0.1, 0.15) is 0 Å². The van der Waals surface area contributed by atoms with Crippen LogP contribution in [0.25, 0.3) is 0 Å². The van der Waals surface area contributed by atoms with Crippen LogP contribution in [0.3, 0.4) is 0 Å². The molecule has 174 valence electrons. The minimum atomic E-state index is -0.289. The van der Waals surface area contributed by atoms with Gasteiger partial charge in [-0.3, -0.25) is 4.90 Å². The summed E-state index contributed by atoms with van der Waals surface area (Å²) in [7, 11) is -0.157. The third kappa shape index (κ3) is 6.94. The van der Waals surface area contributed by atoms with E-state index in [1.54, 1.807) is 0 Å². The fourth-order valence-electron chi connectivity index (χ4n) is 4.43. The predicted molar refractivity (Wildman–Crippen MR) is 136 cm³/mol. The SMILES string of the molecule is CCCCCCC(CN(Cc1ccccc1)Cc1ccccc1)B1OC(C)(C)C(C)(C)O1. The maximum absolute atomic E-state index is 6.54. The first-order valence-electron chi connectivity index (χ1n) is 12.5. The average Bonchev–Trinajstić information content (AvgIpc) is 2.98. The number of rotatable bonds is 12. The number of benzene rings is 2. The molecule has 0 bridgehead atoms. The van der Waals surface area contributed by atoms with Crippen LogP contribution in [0.5, 0.6) is 0 Å². The second kappa shape index (κ2) is 11.5. The molecule has 2 aromatic carbocycles. The van der Waals surface area contributed by atoms with E-state index >= 15 is 0 Å². The Hall–Kier alpha value is -1.62. The molecule has 0 saturated carbocycles. The van der Waals surface area contributed by atoms with E-state index in [0.717, 1.165) is 26.1 Å². The first-order valence-corrected chi connectivity index (χ1v) is 12.5. The third-order valence-electron chi connectivity index (χ3n) is 7.08. The van der Waals surface area contributed by atoms with Crippen LogP contribution in [-0.4, -0.2) is 29.8 Å². The zero-order chi connectivity index (χ0) is 23.0.